The lowest BCUT2D eigenvalue weighted by atomic mass is 10.1. The van der Waals surface area contributed by atoms with Crippen molar-refractivity contribution in [2.45, 2.75) is 110 Å². The predicted molar refractivity (Wildman–Crippen MR) is 117 cm³/mol. The van der Waals surface area contributed by atoms with Crippen LogP contribution in [-0.2, 0) is 19.0 Å². The number of hydrogen-bond acceptors (Lipinski definition) is 5. The molecule has 1 saturated heterocycles. The molecule has 1 amide bonds. The van der Waals surface area contributed by atoms with Gasteiger partial charge in [0.1, 0.15) is 6.10 Å². The summed E-state index contributed by atoms with van der Waals surface area (Å²) >= 11 is 0. The molecule has 0 radical (unpaired) electrons. The van der Waals surface area contributed by atoms with E-state index in [0.29, 0.717) is 19.8 Å². The Morgan fingerprint density at radius 1 is 1.03 bits per heavy atom. The number of unbranched alkanes of at least 4 members (excludes halogenated alkanes) is 9. The van der Waals surface area contributed by atoms with Crippen LogP contribution in [0.3, 0.4) is 0 Å². The quantitative estimate of drug-likeness (QED) is 0.243. The predicted octanol–water partition coefficient (Wildman–Crippen LogP) is 5.01. The van der Waals surface area contributed by atoms with Crippen molar-refractivity contribution in [3.63, 3.8) is 0 Å². The van der Waals surface area contributed by atoms with Crippen LogP contribution in [0.1, 0.15) is 91.4 Å². The van der Waals surface area contributed by atoms with Crippen molar-refractivity contribution in [2.75, 3.05) is 26.4 Å². The average molecular weight is 430 g/mol. The Bertz CT molecular complexity index is 473. The van der Waals surface area contributed by atoms with Crippen molar-refractivity contribution in [3.05, 3.63) is 0 Å². The molecule has 1 aliphatic heterocycles. The maximum Gasteiger partial charge on any atom is 0.506 e. The molecule has 3 unspecified atom stereocenters. The van der Waals surface area contributed by atoms with Crippen LogP contribution in [0.25, 0.3) is 0 Å². The minimum atomic E-state index is -1.34. The third kappa shape index (κ3) is 12.4. The molecule has 0 aromatic carbocycles. The Hall–Kier alpha value is -1.34. The normalized spacial score (nSPS) is 18.6. The van der Waals surface area contributed by atoms with Crippen LogP contribution in [0.2, 0.25) is 0 Å². The van der Waals surface area contributed by atoms with Gasteiger partial charge in [0.15, 0.2) is 0 Å². The highest BCUT2D eigenvalue weighted by molar-refractivity contribution is 5.79. The van der Waals surface area contributed by atoms with Crippen molar-refractivity contribution in [1.82, 2.24) is 4.90 Å². The topological polar surface area (TPSA) is 85.3 Å². The van der Waals surface area contributed by atoms with Crippen molar-refractivity contribution in [3.8, 4) is 0 Å². The van der Waals surface area contributed by atoms with E-state index in [-0.39, 0.29) is 24.5 Å². The Morgan fingerprint density at radius 3 is 2.23 bits per heavy atom. The van der Waals surface area contributed by atoms with E-state index >= 15 is 0 Å². The fourth-order valence-electron chi connectivity index (χ4n) is 3.73. The Kier molecular flexibility index (Phi) is 14.6. The van der Waals surface area contributed by atoms with Crippen molar-refractivity contribution in [2.24, 2.45) is 0 Å². The van der Waals surface area contributed by atoms with Gasteiger partial charge in [-0.15, -0.1) is 0 Å². The fraction of sp³-hybridized carbons (Fsp3) is 0.913. The lowest BCUT2D eigenvalue weighted by Gasteiger charge is -2.25. The minimum Gasteiger partial charge on any atom is -0.450 e. The van der Waals surface area contributed by atoms with Gasteiger partial charge in [0.05, 0.1) is 38.3 Å². The van der Waals surface area contributed by atoms with E-state index < -0.39 is 12.3 Å². The smallest absolute Gasteiger partial charge is 0.450 e. The van der Waals surface area contributed by atoms with E-state index in [0.717, 1.165) is 13.0 Å². The third-order valence-corrected chi connectivity index (χ3v) is 5.54. The van der Waals surface area contributed by atoms with Gasteiger partial charge < -0.3 is 24.2 Å². The first-order valence-electron chi connectivity index (χ1n) is 11.8. The second kappa shape index (κ2) is 16.4. The van der Waals surface area contributed by atoms with Crippen molar-refractivity contribution < 1.29 is 28.9 Å². The molecular weight excluding hydrogens is 386 g/mol. The summed E-state index contributed by atoms with van der Waals surface area (Å²) in [5, 5.41) is 8.68. The van der Waals surface area contributed by atoms with Gasteiger partial charge in [-0.25, -0.2) is 4.79 Å². The monoisotopic (exact) mass is 429 g/mol. The van der Waals surface area contributed by atoms with Crippen molar-refractivity contribution in [1.29, 1.82) is 0 Å². The molecular formula is C23H43NO6. The third-order valence-electron chi connectivity index (χ3n) is 5.54. The Morgan fingerprint density at radius 2 is 1.63 bits per heavy atom. The molecule has 7 heteroatoms. The summed E-state index contributed by atoms with van der Waals surface area (Å²) in [5.74, 6) is -0.0952. The first-order valence-corrected chi connectivity index (χ1v) is 11.8. The molecule has 0 aromatic rings. The van der Waals surface area contributed by atoms with E-state index in [1.165, 1.54) is 57.8 Å². The lowest BCUT2D eigenvalue weighted by Crippen LogP contribution is -2.39. The highest BCUT2D eigenvalue weighted by Crippen LogP contribution is 2.18. The zero-order valence-electron chi connectivity index (χ0n) is 19.3. The molecule has 3 atom stereocenters. The average Bonchev–Trinajstić information content (AvgIpc) is 3.06. The summed E-state index contributed by atoms with van der Waals surface area (Å²) in [6.45, 7) is 8.11. The highest BCUT2D eigenvalue weighted by atomic mass is 16.7. The van der Waals surface area contributed by atoms with Gasteiger partial charge in [0.2, 0.25) is 5.91 Å². The maximum atomic E-state index is 12.0. The summed E-state index contributed by atoms with van der Waals surface area (Å²) in [6, 6.07) is -0.121. The zero-order chi connectivity index (χ0) is 22.2. The van der Waals surface area contributed by atoms with Crippen molar-refractivity contribution >= 4 is 12.1 Å². The maximum absolute atomic E-state index is 12.0. The molecule has 0 bridgehead atoms. The molecule has 176 valence electrons. The number of hydrogen-bond donors (Lipinski definition) is 1. The van der Waals surface area contributed by atoms with Gasteiger partial charge in [0.25, 0.3) is 0 Å². The second-order valence-corrected chi connectivity index (χ2v) is 8.51. The van der Waals surface area contributed by atoms with Gasteiger partial charge in [0, 0.05) is 6.61 Å². The van der Waals surface area contributed by atoms with E-state index in [9.17, 15) is 9.59 Å². The van der Waals surface area contributed by atoms with Crippen LogP contribution >= 0.6 is 0 Å². The van der Waals surface area contributed by atoms with Crippen LogP contribution in [0.15, 0.2) is 0 Å². The van der Waals surface area contributed by atoms with Crippen LogP contribution in [0.5, 0.6) is 0 Å². The molecule has 0 aliphatic carbocycles. The molecule has 1 rings (SSSR count). The molecule has 0 saturated carbocycles. The Balaban J connectivity index is 1.97. The molecule has 0 spiro atoms. The molecule has 0 aromatic heterocycles. The fourth-order valence-corrected chi connectivity index (χ4v) is 3.73. The van der Waals surface area contributed by atoms with Crippen LogP contribution in [-0.4, -0.2) is 66.7 Å². The van der Waals surface area contributed by atoms with Crippen LogP contribution in [0, 0.1) is 0 Å². The number of nitrogens with zero attached hydrogens (tertiary/aromatic N) is 1. The van der Waals surface area contributed by atoms with E-state index in [1.54, 1.807) is 4.90 Å². The van der Waals surface area contributed by atoms with Gasteiger partial charge in [-0.2, -0.15) is 0 Å². The van der Waals surface area contributed by atoms with Gasteiger partial charge >= 0.3 is 6.16 Å². The number of amides is 1. The number of rotatable bonds is 18. The number of carboxylic acid groups (broad SMARTS) is 1. The Labute approximate surface area is 182 Å². The first-order chi connectivity index (χ1) is 14.4. The standard InChI is InChI=1S/C23H43NO6/c1-4-5-6-7-8-9-10-11-12-13-14-28-18-20(3)29-17-19(2)24-16-21(15-22(24)25)30-23(26)27/h19-21H,4-18H2,1-3H3,(H,26,27). The summed E-state index contributed by atoms with van der Waals surface area (Å²) < 4.78 is 16.2. The first kappa shape index (κ1) is 26.7. The number of likely N-dealkylation sites (tertiary alicyclic amines) is 1. The molecule has 1 fully saturated rings. The van der Waals surface area contributed by atoms with E-state index in [4.69, 9.17) is 19.3 Å². The summed E-state index contributed by atoms with van der Waals surface area (Å²) in [7, 11) is 0. The summed E-state index contributed by atoms with van der Waals surface area (Å²) in [4.78, 5) is 24.3. The minimum absolute atomic E-state index is 0.0423. The van der Waals surface area contributed by atoms with E-state index in [1.807, 2.05) is 13.8 Å². The second-order valence-electron chi connectivity index (χ2n) is 8.51. The SMILES string of the molecule is CCCCCCCCCCCCOCC(C)OCC(C)N1CC(OC(=O)O)CC1=O. The van der Waals surface area contributed by atoms with Crippen LogP contribution < -0.4 is 0 Å². The number of ether oxygens (including phenoxy) is 3. The highest BCUT2D eigenvalue weighted by Gasteiger charge is 2.35. The van der Waals surface area contributed by atoms with Gasteiger partial charge in [-0.05, 0) is 20.3 Å². The molecule has 1 heterocycles. The molecule has 7 nitrogen and oxygen atoms in total. The lowest BCUT2D eigenvalue weighted by molar-refractivity contribution is -0.131. The molecule has 1 aliphatic rings. The number of carbonyl (C=O) groups is 2. The zero-order valence-corrected chi connectivity index (χ0v) is 19.3. The largest absolute Gasteiger partial charge is 0.506 e. The molecule has 1 N–H and O–H groups in total. The van der Waals surface area contributed by atoms with Gasteiger partial charge in [-0.1, -0.05) is 64.7 Å². The summed E-state index contributed by atoms with van der Waals surface area (Å²) in [5.41, 5.74) is 0. The van der Waals surface area contributed by atoms with Gasteiger partial charge in [-0.3, -0.25) is 4.79 Å². The van der Waals surface area contributed by atoms with E-state index in [2.05, 4.69) is 6.92 Å². The summed E-state index contributed by atoms with van der Waals surface area (Å²) in [6.07, 6.45) is 11.3. The van der Waals surface area contributed by atoms with Crippen LogP contribution in [0.4, 0.5) is 4.79 Å². The number of carbonyl (C=O) groups excluding carboxylic acids is 1. The molecule has 30 heavy (non-hydrogen) atoms.